The summed E-state index contributed by atoms with van der Waals surface area (Å²) in [4.78, 5) is 65.7. The van der Waals surface area contributed by atoms with E-state index in [1.165, 1.54) is 8.84 Å². The van der Waals surface area contributed by atoms with Gasteiger partial charge >= 0.3 is 12.4 Å². The third kappa shape index (κ3) is 16.7. The van der Waals surface area contributed by atoms with Crippen molar-refractivity contribution in [3.63, 3.8) is 0 Å². The van der Waals surface area contributed by atoms with Crippen molar-refractivity contribution >= 4 is 105 Å². The number of guanidine groups is 2. The van der Waals surface area contributed by atoms with Gasteiger partial charge < -0.3 is 41.4 Å². The maximum atomic E-state index is 14.4. The lowest BCUT2D eigenvalue weighted by molar-refractivity contribution is -0.138. The van der Waals surface area contributed by atoms with Gasteiger partial charge in [-0.05, 0) is 86.3 Å². The smallest absolute Gasteiger partial charge is 0.416 e. The summed E-state index contributed by atoms with van der Waals surface area (Å²) in [6.45, 7) is 1.41. The Morgan fingerprint density at radius 2 is 0.986 bits per heavy atom. The first-order valence-electron chi connectivity index (χ1n) is 21.2. The molecule has 0 unspecified atom stereocenters. The van der Waals surface area contributed by atoms with Gasteiger partial charge in [0.05, 0.1) is 47.0 Å². The van der Waals surface area contributed by atoms with Crippen LogP contribution in [0.1, 0.15) is 83.5 Å². The molecule has 0 saturated carbocycles. The molecule has 10 N–H and O–H groups in total. The average molecular weight is 1070 g/mol. The van der Waals surface area contributed by atoms with Crippen molar-refractivity contribution in [2.24, 2.45) is 0 Å². The van der Waals surface area contributed by atoms with E-state index in [-0.39, 0.29) is 75.3 Å². The number of benzene rings is 2. The summed E-state index contributed by atoms with van der Waals surface area (Å²) in [5, 5.41) is 29.7. The van der Waals surface area contributed by atoms with Gasteiger partial charge in [-0.25, -0.2) is 18.8 Å². The minimum absolute atomic E-state index is 0.116. The van der Waals surface area contributed by atoms with E-state index >= 15 is 0 Å². The van der Waals surface area contributed by atoms with E-state index in [0.717, 1.165) is 12.4 Å². The van der Waals surface area contributed by atoms with Crippen molar-refractivity contribution in [1.82, 2.24) is 39.1 Å². The molecule has 30 heteroatoms. The second kappa shape index (κ2) is 25.4. The Bertz CT molecular complexity index is 2230. The van der Waals surface area contributed by atoms with E-state index in [1.54, 1.807) is 0 Å². The molecule has 20 nitrogen and oxygen atoms in total. The summed E-state index contributed by atoms with van der Waals surface area (Å²) in [5.74, 6) is -4.88. The largest absolute Gasteiger partial charge is 0.485 e. The van der Waals surface area contributed by atoms with Gasteiger partial charge in [0.2, 0.25) is 23.7 Å². The number of amides is 4. The van der Waals surface area contributed by atoms with E-state index in [1.807, 2.05) is 0 Å². The number of carbonyl (C=O) groups is 4. The SMILES string of the molecule is N=C(NCl)NCCCCC(=O)Nc1cc(C(F)(F)F)cc(NC(=O)c2cc(C(=O)Nc3cc(C(F)(F)F)cc(NC(=O)CCCCNC(=N)NCl)c3O[C@@H]3CCN(Cl)C3)ncn2)c1O[C@@H]1CCN(Cl)C1. The molecule has 3 aromatic rings. The molecule has 0 spiro atoms. The fraction of sp³-hybridized carbons (Fsp3) is 0.450. The number of nitrogens with one attached hydrogen (secondary N) is 10. The third-order valence-electron chi connectivity index (χ3n) is 10.2. The van der Waals surface area contributed by atoms with Crippen LogP contribution in [0.4, 0.5) is 49.1 Å². The highest BCUT2D eigenvalue weighted by Crippen LogP contribution is 2.44. The summed E-state index contributed by atoms with van der Waals surface area (Å²) in [6, 6.07) is 3.23. The number of nitrogens with zero attached hydrogens (tertiary/aromatic N) is 4. The number of rotatable bonds is 20. The molecular weight excluding hydrogens is 1030 g/mol. The average Bonchev–Trinajstić information content (AvgIpc) is 3.92. The van der Waals surface area contributed by atoms with Crippen LogP contribution in [0.5, 0.6) is 11.5 Å². The van der Waals surface area contributed by atoms with E-state index < -0.39 is 93.5 Å². The van der Waals surface area contributed by atoms with E-state index in [4.69, 9.17) is 67.4 Å². The summed E-state index contributed by atoms with van der Waals surface area (Å²) in [6.07, 6.45) is -9.15. The minimum atomic E-state index is -5.01. The summed E-state index contributed by atoms with van der Waals surface area (Å²) < 4.78 is 101. The van der Waals surface area contributed by atoms with E-state index in [2.05, 4.69) is 51.5 Å². The fourth-order valence-electron chi connectivity index (χ4n) is 6.83. The Hall–Kier alpha value is -5.80. The van der Waals surface area contributed by atoms with Crippen LogP contribution in [-0.2, 0) is 21.9 Å². The lowest BCUT2D eigenvalue weighted by atomic mass is 10.1. The number of alkyl halides is 6. The summed E-state index contributed by atoms with van der Waals surface area (Å²) in [5.41, 5.74) is -5.80. The van der Waals surface area contributed by atoms with Crippen LogP contribution in [0.25, 0.3) is 0 Å². The fourth-order valence-corrected chi connectivity index (χ4v) is 7.47. The van der Waals surface area contributed by atoms with Gasteiger partial charge in [0.15, 0.2) is 11.5 Å². The van der Waals surface area contributed by atoms with Crippen LogP contribution in [0.2, 0.25) is 0 Å². The predicted molar refractivity (Wildman–Crippen MR) is 248 cm³/mol. The standard InChI is InChI=1S/C40H46Cl4F6N14O6/c41-61-37(51)53-9-3-1-5-31(65)57-25-13-21(39(45,46)47)15-27(33(25)69-23-7-11-63(43)18-23)59-35(67)29-17-30(56-20-55-29)36(68)60-28-16-22(40(48,49)50)14-26(34(28)70-24-8-12-64(44)19-24)58-32(66)6-2-4-10-54-38(52)62-42/h13-17,20,23-24H,1-12,18-19H2,(H,57,65)(H,58,66)(H,59,67)(H,60,68)(H3,51,53,61)(H3,52,54,62)/t23-,24-/m1/s1. The summed E-state index contributed by atoms with van der Waals surface area (Å²) >= 11 is 22.9. The molecule has 2 atom stereocenters. The van der Waals surface area contributed by atoms with Gasteiger partial charge in [-0.2, -0.15) is 26.3 Å². The van der Waals surface area contributed by atoms with E-state index in [0.29, 0.717) is 63.0 Å². The topological polar surface area (TPSA) is 263 Å². The van der Waals surface area contributed by atoms with Crippen molar-refractivity contribution in [1.29, 1.82) is 10.8 Å². The Morgan fingerprint density at radius 3 is 1.31 bits per heavy atom. The predicted octanol–water partition coefficient (Wildman–Crippen LogP) is 6.99. The Kier molecular flexibility index (Phi) is 20.0. The summed E-state index contributed by atoms with van der Waals surface area (Å²) in [7, 11) is 0. The second-order valence-electron chi connectivity index (χ2n) is 15.6. The maximum absolute atomic E-state index is 14.4. The molecule has 382 valence electrons. The zero-order valence-corrected chi connectivity index (χ0v) is 39.6. The quantitative estimate of drug-likeness (QED) is 0.0180. The molecule has 70 heavy (non-hydrogen) atoms. The lowest BCUT2D eigenvalue weighted by Crippen LogP contribution is -2.31. The molecule has 2 aliphatic rings. The minimum Gasteiger partial charge on any atom is -0.485 e. The molecule has 3 heterocycles. The third-order valence-corrected chi connectivity index (χ3v) is 11.2. The lowest BCUT2D eigenvalue weighted by Gasteiger charge is -2.22. The van der Waals surface area contributed by atoms with Crippen LogP contribution < -0.4 is 51.0 Å². The highest BCUT2D eigenvalue weighted by molar-refractivity contribution is 6.21. The normalized spacial score (nSPS) is 16.2. The number of unbranched alkanes of at least 4 members (excludes halogenated alkanes) is 2. The Labute approximate surface area is 416 Å². The molecule has 5 rings (SSSR count). The number of ether oxygens (including phenoxy) is 2. The van der Waals surface area contributed by atoms with Crippen LogP contribution in [0, 0.1) is 10.8 Å². The number of aromatic nitrogens is 2. The van der Waals surface area contributed by atoms with Crippen molar-refractivity contribution < 1.29 is 55.0 Å². The molecule has 0 radical (unpaired) electrons. The molecule has 0 aliphatic carbocycles. The first-order chi connectivity index (χ1) is 33.1. The van der Waals surface area contributed by atoms with Gasteiger partial charge in [0.25, 0.3) is 11.8 Å². The van der Waals surface area contributed by atoms with Crippen LogP contribution in [-0.4, -0.2) is 106 Å². The van der Waals surface area contributed by atoms with Crippen LogP contribution >= 0.6 is 47.1 Å². The molecule has 2 fully saturated rings. The zero-order valence-electron chi connectivity index (χ0n) is 36.5. The molecule has 4 amide bonds. The number of hydrogen-bond donors (Lipinski definition) is 10. The molecular formula is C40H46Cl4F6N14O6. The molecule has 0 bridgehead atoms. The molecule has 1 aromatic heterocycles. The molecule has 2 saturated heterocycles. The number of hydrogen-bond acceptors (Lipinski definition) is 12. The van der Waals surface area contributed by atoms with Crippen LogP contribution in [0.3, 0.4) is 0 Å². The van der Waals surface area contributed by atoms with Crippen LogP contribution in [0.15, 0.2) is 36.7 Å². The first-order valence-corrected chi connectivity index (χ1v) is 22.6. The van der Waals surface area contributed by atoms with Gasteiger partial charge in [-0.3, -0.25) is 39.7 Å². The highest BCUT2D eigenvalue weighted by Gasteiger charge is 2.36. The second-order valence-corrected chi connectivity index (χ2v) is 16.9. The number of anilines is 4. The maximum Gasteiger partial charge on any atom is 0.416 e. The highest BCUT2D eigenvalue weighted by atomic mass is 35.5. The Morgan fingerprint density at radius 1 is 0.614 bits per heavy atom. The first kappa shape index (κ1) is 55.1. The zero-order chi connectivity index (χ0) is 51.2. The van der Waals surface area contributed by atoms with Crippen molar-refractivity contribution in [3.8, 4) is 11.5 Å². The van der Waals surface area contributed by atoms with Gasteiger partial charge in [-0.1, -0.05) is 0 Å². The Balaban J connectivity index is 1.43. The van der Waals surface area contributed by atoms with Gasteiger partial charge in [0.1, 0.15) is 29.9 Å². The number of carbonyl (C=O) groups excluding carboxylic acids is 4. The van der Waals surface area contributed by atoms with Gasteiger partial charge in [0, 0.05) is 68.6 Å². The van der Waals surface area contributed by atoms with E-state index in [9.17, 15) is 45.5 Å². The monoisotopic (exact) mass is 1070 g/mol. The molecule has 2 aliphatic heterocycles. The molecule has 2 aromatic carbocycles. The van der Waals surface area contributed by atoms with Crippen molar-refractivity contribution in [2.45, 2.75) is 75.9 Å². The van der Waals surface area contributed by atoms with Crippen molar-refractivity contribution in [3.05, 3.63) is 59.2 Å². The van der Waals surface area contributed by atoms with Gasteiger partial charge in [-0.15, -0.1) is 0 Å². The number of halogens is 10. The van der Waals surface area contributed by atoms with Crippen molar-refractivity contribution in [2.75, 3.05) is 60.5 Å².